The van der Waals surface area contributed by atoms with Gasteiger partial charge in [-0.05, 0) is 43.7 Å². The molecule has 4 N–H and O–H groups in total. The number of nitrogens with two attached hydrogens (primary N) is 1. The number of anilines is 1. The summed E-state index contributed by atoms with van der Waals surface area (Å²) in [5.74, 6) is 0.850. The normalized spacial score (nSPS) is 11.8. The standard InChI is InChI=1S/C21H24N4O2S/c1-14-3-9-19(10-4-14)27-12-20-24-18(13-28-20)11-23-15(2)16-5-7-17(8-6-16)25-21(22)26/h3-10,13,15,23H,11-12H2,1-2H3,(H3,22,25,26)/t15-/m0/s1. The minimum Gasteiger partial charge on any atom is -0.486 e. The zero-order valence-corrected chi connectivity index (χ0v) is 16.8. The first-order valence-corrected chi connectivity index (χ1v) is 9.90. The van der Waals surface area contributed by atoms with E-state index in [-0.39, 0.29) is 6.04 Å². The van der Waals surface area contributed by atoms with Crippen molar-refractivity contribution < 1.29 is 9.53 Å². The number of benzene rings is 2. The molecule has 0 unspecified atom stereocenters. The van der Waals surface area contributed by atoms with Gasteiger partial charge in [0.25, 0.3) is 0 Å². The fourth-order valence-corrected chi connectivity index (χ4v) is 3.35. The Morgan fingerprint density at radius 1 is 1.18 bits per heavy atom. The molecule has 0 saturated carbocycles. The highest BCUT2D eigenvalue weighted by Gasteiger charge is 2.08. The first kappa shape index (κ1) is 19.9. The van der Waals surface area contributed by atoms with Crippen LogP contribution in [0.3, 0.4) is 0 Å². The second-order valence-corrected chi connectivity index (χ2v) is 7.49. The van der Waals surface area contributed by atoms with E-state index in [1.807, 2.05) is 53.9 Å². The Hall–Kier alpha value is -2.90. The van der Waals surface area contributed by atoms with E-state index in [4.69, 9.17) is 10.5 Å². The van der Waals surface area contributed by atoms with E-state index in [9.17, 15) is 4.79 Å². The molecule has 3 rings (SSSR count). The third kappa shape index (κ3) is 5.80. The number of aromatic nitrogens is 1. The molecule has 1 heterocycles. The number of hydrogen-bond donors (Lipinski definition) is 3. The number of aryl methyl sites for hydroxylation is 1. The van der Waals surface area contributed by atoms with Crippen molar-refractivity contribution >= 4 is 23.1 Å². The van der Waals surface area contributed by atoms with Crippen LogP contribution in [0.4, 0.5) is 10.5 Å². The van der Waals surface area contributed by atoms with Crippen LogP contribution < -0.4 is 21.1 Å². The number of carbonyl (C=O) groups is 1. The SMILES string of the molecule is Cc1ccc(OCc2nc(CN[C@@H](C)c3ccc(NC(N)=O)cc3)cs2)cc1. The lowest BCUT2D eigenvalue weighted by molar-refractivity contribution is 0.259. The van der Waals surface area contributed by atoms with Gasteiger partial charge in [-0.15, -0.1) is 11.3 Å². The summed E-state index contributed by atoms with van der Waals surface area (Å²) in [6.45, 7) is 5.28. The molecule has 1 aromatic heterocycles. The molecule has 2 aromatic carbocycles. The maximum atomic E-state index is 10.9. The summed E-state index contributed by atoms with van der Waals surface area (Å²) in [4.78, 5) is 15.5. The van der Waals surface area contributed by atoms with Crippen LogP contribution in [0, 0.1) is 6.92 Å². The van der Waals surface area contributed by atoms with Crippen LogP contribution in [-0.2, 0) is 13.2 Å². The lowest BCUT2D eigenvalue weighted by Crippen LogP contribution is -2.20. The molecule has 0 aliphatic rings. The third-order valence-corrected chi connectivity index (χ3v) is 5.12. The van der Waals surface area contributed by atoms with Gasteiger partial charge in [0, 0.05) is 23.7 Å². The van der Waals surface area contributed by atoms with Crippen LogP contribution in [0.2, 0.25) is 0 Å². The number of hydrogen-bond acceptors (Lipinski definition) is 5. The Bertz CT molecular complexity index is 907. The van der Waals surface area contributed by atoms with Gasteiger partial charge in [-0.1, -0.05) is 29.8 Å². The fraction of sp³-hybridized carbons (Fsp3) is 0.238. The summed E-state index contributed by atoms with van der Waals surface area (Å²) in [6, 6.07) is 15.2. The molecule has 0 aliphatic heterocycles. The van der Waals surface area contributed by atoms with Gasteiger partial charge in [0.05, 0.1) is 5.69 Å². The molecule has 3 aromatic rings. The molecule has 0 spiro atoms. The zero-order chi connectivity index (χ0) is 19.9. The predicted molar refractivity (Wildman–Crippen MR) is 113 cm³/mol. The van der Waals surface area contributed by atoms with E-state index in [0.29, 0.717) is 18.8 Å². The molecule has 146 valence electrons. The van der Waals surface area contributed by atoms with Gasteiger partial charge >= 0.3 is 6.03 Å². The summed E-state index contributed by atoms with van der Waals surface area (Å²) >= 11 is 1.60. The smallest absolute Gasteiger partial charge is 0.316 e. The molecule has 0 fully saturated rings. The first-order chi connectivity index (χ1) is 13.5. The van der Waals surface area contributed by atoms with Gasteiger partial charge < -0.3 is 21.1 Å². The Morgan fingerprint density at radius 3 is 2.57 bits per heavy atom. The van der Waals surface area contributed by atoms with Crippen LogP contribution in [-0.4, -0.2) is 11.0 Å². The topological polar surface area (TPSA) is 89.3 Å². The number of carbonyl (C=O) groups excluding carboxylic acids is 1. The van der Waals surface area contributed by atoms with Crippen molar-refractivity contribution in [3.8, 4) is 5.75 Å². The summed E-state index contributed by atoms with van der Waals surface area (Å²) < 4.78 is 5.78. The summed E-state index contributed by atoms with van der Waals surface area (Å²) in [5.41, 5.74) is 9.12. The fourth-order valence-electron chi connectivity index (χ4n) is 2.65. The minimum atomic E-state index is -0.565. The van der Waals surface area contributed by atoms with Crippen molar-refractivity contribution in [1.29, 1.82) is 0 Å². The monoisotopic (exact) mass is 396 g/mol. The maximum absolute atomic E-state index is 10.9. The number of nitrogens with zero attached hydrogens (tertiary/aromatic N) is 1. The van der Waals surface area contributed by atoms with Crippen LogP contribution in [0.5, 0.6) is 5.75 Å². The average Bonchev–Trinajstić information content (AvgIpc) is 3.14. The number of urea groups is 1. The number of nitrogens with one attached hydrogen (secondary N) is 2. The third-order valence-electron chi connectivity index (χ3n) is 4.25. The Balaban J connectivity index is 1.48. The van der Waals surface area contributed by atoms with Gasteiger partial charge in [0.15, 0.2) is 0 Å². The van der Waals surface area contributed by atoms with E-state index >= 15 is 0 Å². The quantitative estimate of drug-likeness (QED) is 0.527. The highest BCUT2D eigenvalue weighted by atomic mass is 32.1. The zero-order valence-electron chi connectivity index (χ0n) is 15.9. The minimum absolute atomic E-state index is 0.150. The predicted octanol–water partition coefficient (Wildman–Crippen LogP) is 4.37. The van der Waals surface area contributed by atoms with E-state index in [1.54, 1.807) is 11.3 Å². The van der Waals surface area contributed by atoms with Crippen molar-refractivity contribution in [3.05, 3.63) is 75.7 Å². The average molecular weight is 397 g/mol. The van der Waals surface area contributed by atoms with Gasteiger partial charge in [0.1, 0.15) is 17.4 Å². The van der Waals surface area contributed by atoms with Crippen molar-refractivity contribution in [2.75, 3.05) is 5.32 Å². The molecule has 6 nitrogen and oxygen atoms in total. The van der Waals surface area contributed by atoms with Crippen LogP contribution >= 0.6 is 11.3 Å². The number of ether oxygens (including phenoxy) is 1. The van der Waals surface area contributed by atoms with Crippen molar-refractivity contribution in [2.45, 2.75) is 33.0 Å². The number of amides is 2. The lowest BCUT2D eigenvalue weighted by Gasteiger charge is -2.14. The van der Waals surface area contributed by atoms with E-state index < -0.39 is 6.03 Å². The summed E-state index contributed by atoms with van der Waals surface area (Å²) in [5, 5.41) is 9.02. The molecular formula is C21H24N4O2S. The molecule has 2 amide bonds. The molecule has 0 radical (unpaired) electrons. The Kier molecular flexibility index (Phi) is 6.62. The highest BCUT2D eigenvalue weighted by Crippen LogP contribution is 2.18. The first-order valence-electron chi connectivity index (χ1n) is 9.02. The van der Waals surface area contributed by atoms with Gasteiger partial charge in [-0.3, -0.25) is 0 Å². The number of primary amides is 1. The highest BCUT2D eigenvalue weighted by molar-refractivity contribution is 7.09. The Morgan fingerprint density at radius 2 is 1.89 bits per heavy atom. The molecule has 0 aliphatic carbocycles. The largest absolute Gasteiger partial charge is 0.486 e. The summed E-state index contributed by atoms with van der Waals surface area (Å²) in [6.07, 6.45) is 0. The molecule has 0 saturated heterocycles. The van der Waals surface area contributed by atoms with Gasteiger partial charge in [-0.2, -0.15) is 0 Å². The summed E-state index contributed by atoms with van der Waals surface area (Å²) in [7, 11) is 0. The van der Waals surface area contributed by atoms with Crippen LogP contribution in [0.1, 0.15) is 34.8 Å². The Labute approximate surface area is 168 Å². The van der Waals surface area contributed by atoms with Crippen LogP contribution in [0.15, 0.2) is 53.9 Å². The van der Waals surface area contributed by atoms with E-state index in [1.165, 1.54) is 5.56 Å². The van der Waals surface area contributed by atoms with Crippen molar-refractivity contribution in [1.82, 2.24) is 10.3 Å². The second kappa shape index (κ2) is 9.34. The van der Waals surface area contributed by atoms with Crippen LogP contribution in [0.25, 0.3) is 0 Å². The van der Waals surface area contributed by atoms with E-state index in [2.05, 4.69) is 29.5 Å². The van der Waals surface area contributed by atoms with Crippen molar-refractivity contribution in [3.63, 3.8) is 0 Å². The maximum Gasteiger partial charge on any atom is 0.316 e. The lowest BCUT2D eigenvalue weighted by atomic mass is 10.1. The number of rotatable bonds is 8. The molecule has 7 heteroatoms. The molecule has 28 heavy (non-hydrogen) atoms. The van der Waals surface area contributed by atoms with Gasteiger partial charge in [-0.25, -0.2) is 9.78 Å². The molecule has 0 bridgehead atoms. The number of thiazole rings is 1. The second-order valence-electron chi connectivity index (χ2n) is 6.55. The van der Waals surface area contributed by atoms with Crippen molar-refractivity contribution in [2.24, 2.45) is 5.73 Å². The van der Waals surface area contributed by atoms with Gasteiger partial charge in [0.2, 0.25) is 0 Å². The molecular weight excluding hydrogens is 372 g/mol. The molecule has 1 atom stereocenters. The van der Waals surface area contributed by atoms with E-state index in [0.717, 1.165) is 22.0 Å².